The van der Waals surface area contributed by atoms with Crippen LogP contribution in [0.3, 0.4) is 0 Å². The zero-order valence-electron chi connectivity index (χ0n) is 10.2. The molecular weight excluding hydrogens is 228 g/mol. The second-order valence-electron chi connectivity index (χ2n) is 4.06. The maximum absolute atomic E-state index is 11.0. The Bertz CT molecular complexity index is 547. The van der Waals surface area contributed by atoms with Crippen LogP contribution in [0, 0.1) is 0 Å². The predicted molar refractivity (Wildman–Crippen MR) is 71.1 cm³/mol. The highest BCUT2D eigenvalue weighted by Crippen LogP contribution is 2.20. The minimum Gasteiger partial charge on any atom is -0.342 e. The van der Waals surface area contributed by atoms with Gasteiger partial charge in [0.15, 0.2) is 0 Å². The van der Waals surface area contributed by atoms with Gasteiger partial charge in [-0.1, -0.05) is 12.1 Å². The monoisotopic (exact) mass is 244 g/mol. The summed E-state index contributed by atoms with van der Waals surface area (Å²) in [5, 5.41) is 2.75. The molecule has 18 heavy (non-hydrogen) atoms. The number of hydrogen-bond donors (Lipinski definition) is 3. The van der Waals surface area contributed by atoms with E-state index in [1.54, 1.807) is 6.20 Å². The van der Waals surface area contributed by atoms with E-state index in [-0.39, 0.29) is 5.91 Å². The van der Waals surface area contributed by atoms with E-state index >= 15 is 0 Å². The molecule has 1 aromatic heterocycles. The largest absolute Gasteiger partial charge is 0.342 e. The van der Waals surface area contributed by atoms with Gasteiger partial charge in [-0.15, -0.1) is 0 Å². The minimum absolute atomic E-state index is 0.0876. The quantitative estimate of drug-likeness (QED) is 0.762. The number of aromatic amines is 1. The van der Waals surface area contributed by atoms with Crippen molar-refractivity contribution in [3.63, 3.8) is 0 Å². The highest BCUT2D eigenvalue weighted by Gasteiger charge is 2.04. The number of anilines is 1. The third-order valence-electron chi connectivity index (χ3n) is 2.50. The van der Waals surface area contributed by atoms with Crippen LogP contribution >= 0.6 is 0 Å². The minimum atomic E-state index is -0.0876. The fourth-order valence-electron chi connectivity index (χ4n) is 1.74. The van der Waals surface area contributed by atoms with Crippen molar-refractivity contribution in [1.82, 2.24) is 9.97 Å². The number of amides is 1. The standard InChI is InChI=1S/C13H16N4O/c1-9(18)16-11-4-2-3-10(7-11)13-15-8-12(17-13)5-6-14/h2-4,7-8H,5-6,14H2,1H3,(H,15,17)(H,16,18). The molecular formula is C13H16N4O. The van der Waals surface area contributed by atoms with Crippen LogP contribution in [0.25, 0.3) is 11.4 Å². The van der Waals surface area contributed by atoms with Gasteiger partial charge in [0, 0.05) is 36.5 Å². The van der Waals surface area contributed by atoms with E-state index in [0.29, 0.717) is 6.54 Å². The summed E-state index contributed by atoms with van der Waals surface area (Å²) in [6, 6.07) is 7.54. The smallest absolute Gasteiger partial charge is 0.221 e. The van der Waals surface area contributed by atoms with Crippen molar-refractivity contribution < 1.29 is 4.79 Å². The van der Waals surface area contributed by atoms with Crippen molar-refractivity contribution in [3.8, 4) is 11.4 Å². The molecule has 0 aliphatic carbocycles. The molecule has 1 aromatic carbocycles. The number of benzene rings is 1. The number of nitrogens with one attached hydrogen (secondary N) is 2. The first-order valence-electron chi connectivity index (χ1n) is 5.81. The van der Waals surface area contributed by atoms with E-state index in [1.807, 2.05) is 24.3 Å². The van der Waals surface area contributed by atoms with Crippen LogP contribution in [0.5, 0.6) is 0 Å². The van der Waals surface area contributed by atoms with Gasteiger partial charge in [0.2, 0.25) is 5.91 Å². The van der Waals surface area contributed by atoms with Gasteiger partial charge < -0.3 is 16.0 Å². The summed E-state index contributed by atoms with van der Waals surface area (Å²) in [6.07, 6.45) is 2.56. The predicted octanol–water partition coefficient (Wildman–Crippen LogP) is 1.54. The Balaban J connectivity index is 2.23. The molecule has 5 nitrogen and oxygen atoms in total. The molecule has 2 rings (SSSR count). The Morgan fingerprint density at radius 2 is 2.33 bits per heavy atom. The number of nitrogens with zero attached hydrogens (tertiary/aromatic N) is 1. The number of nitrogens with two attached hydrogens (primary N) is 1. The molecule has 1 amide bonds. The first kappa shape index (κ1) is 12.3. The Hall–Kier alpha value is -2.14. The first-order chi connectivity index (χ1) is 8.69. The summed E-state index contributed by atoms with van der Waals surface area (Å²) >= 11 is 0. The Labute approximate surface area is 105 Å². The van der Waals surface area contributed by atoms with Crippen molar-refractivity contribution in [3.05, 3.63) is 36.2 Å². The lowest BCUT2D eigenvalue weighted by molar-refractivity contribution is -0.114. The van der Waals surface area contributed by atoms with Gasteiger partial charge in [0.1, 0.15) is 5.82 Å². The molecule has 1 heterocycles. The molecule has 0 saturated carbocycles. The second-order valence-corrected chi connectivity index (χ2v) is 4.06. The van der Waals surface area contributed by atoms with Gasteiger partial charge in [-0.05, 0) is 18.7 Å². The highest BCUT2D eigenvalue weighted by molar-refractivity contribution is 5.89. The second kappa shape index (κ2) is 5.46. The molecule has 2 aromatic rings. The summed E-state index contributed by atoms with van der Waals surface area (Å²) in [7, 11) is 0. The van der Waals surface area contributed by atoms with Crippen molar-refractivity contribution >= 4 is 11.6 Å². The van der Waals surface area contributed by atoms with Crippen LogP contribution in [0.2, 0.25) is 0 Å². The molecule has 0 unspecified atom stereocenters. The van der Waals surface area contributed by atoms with Crippen LogP contribution in [0.4, 0.5) is 5.69 Å². The van der Waals surface area contributed by atoms with Crippen LogP contribution in [-0.4, -0.2) is 22.4 Å². The molecule has 5 heteroatoms. The average molecular weight is 244 g/mol. The summed E-state index contributed by atoms with van der Waals surface area (Å²) in [5.74, 6) is 0.695. The van der Waals surface area contributed by atoms with E-state index in [2.05, 4.69) is 15.3 Å². The summed E-state index contributed by atoms with van der Waals surface area (Å²) in [5.41, 5.74) is 8.20. The van der Waals surface area contributed by atoms with Gasteiger partial charge >= 0.3 is 0 Å². The molecule has 0 spiro atoms. The number of carbonyl (C=O) groups is 1. The number of aromatic nitrogens is 2. The first-order valence-corrected chi connectivity index (χ1v) is 5.81. The molecule has 0 aliphatic rings. The summed E-state index contributed by atoms with van der Waals surface area (Å²) in [4.78, 5) is 18.5. The molecule has 4 N–H and O–H groups in total. The highest BCUT2D eigenvalue weighted by atomic mass is 16.1. The lowest BCUT2D eigenvalue weighted by Crippen LogP contribution is -2.05. The van der Waals surface area contributed by atoms with Crippen LogP contribution in [-0.2, 0) is 11.2 Å². The SMILES string of the molecule is CC(=O)Nc1cccc(-c2ncc(CCN)[nH]2)c1. The van der Waals surface area contributed by atoms with Gasteiger partial charge in [-0.3, -0.25) is 4.79 Å². The third kappa shape index (κ3) is 2.95. The molecule has 0 aliphatic heterocycles. The maximum Gasteiger partial charge on any atom is 0.221 e. The van der Waals surface area contributed by atoms with E-state index < -0.39 is 0 Å². The zero-order chi connectivity index (χ0) is 13.0. The Morgan fingerprint density at radius 3 is 3.06 bits per heavy atom. The molecule has 0 atom stereocenters. The van der Waals surface area contributed by atoms with Gasteiger partial charge in [-0.25, -0.2) is 4.98 Å². The lowest BCUT2D eigenvalue weighted by atomic mass is 10.2. The summed E-state index contributed by atoms with van der Waals surface area (Å²) < 4.78 is 0. The summed E-state index contributed by atoms with van der Waals surface area (Å²) in [6.45, 7) is 2.08. The van der Waals surface area contributed by atoms with E-state index in [0.717, 1.165) is 29.2 Å². The average Bonchev–Trinajstić information content (AvgIpc) is 2.78. The Morgan fingerprint density at radius 1 is 1.50 bits per heavy atom. The third-order valence-corrected chi connectivity index (χ3v) is 2.50. The van der Waals surface area contributed by atoms with Crippen LogP contribution in [0.1, 0.15) is 12.6 Å². The molecule has 0 saturated heterocycles. The Kier molecular flexibility index (Phi) is 3.74. The molecule has 0 fully saturated rings. The van der Waals surface area contributed by atoms with Gasteiger partial charge in [-0.2, -0.15) is 0 Å². The van der Waals surface area contributed by atoms with Gasteiger partial charge in [0.25, 0.3) is 0 Å². The van der Waals surface area contributed by atoms with Crippen LogP contribution < -0.4 is 11.1 Å². The topological polar surface area (TPSA) is 83.8 Å². The normalized spacial score (nSPS) is 10.3. The van der Waals surface area contributed by atoms with E-state index in [1.165, 1.54) is 6.92 Å². The van der Waals surface area contributed by atoms with Crippen molar-refractivity contribution in [2.75, 3.05) is 11.9 Å². The van der Waals surface area contributed by atoms with E-state index in [9.17, 15) is 4.79 Å². The number of carbonyl (C=O) groups excluding carboxylic acids is 1. The lowest BCUT2D eigenvalue weighted by Gasteiger charge is -2.03. The molecule has 0 bridgehead atoms. The number of H-pyrrole nitrogens is 1. The van der Waals surface area contributed by atoms with Crippen molar-refractivity contribution in [2.45, 2.75) is 13.3 Å². The van der Waals surface area contributed by atoms with Crippen LogP contribution in [0.15, 0.2) is 30.5 Å². The van der Waals surface area contributed by atoms with E-state index in [4.69, 9.17) is 5.73 Å². The number of hydrogen-bond acceptors (Lipinski definition) is 3. The van der Waals surface area contributed by atoms with Crippen molar-refractivity contribution in [1.29, 1.82) is 0 Å². The molecule has 0 radical (unpaired) electrons. The number of rotatable bonds is 4. The maximum atomic E-state index is 11.0. The van der Waals surface area contributed by atoms with Crippen molar-refractivity contribution in [2.24, 2.45) is 5.73 Å². The fraction of sp³-hybridized carbons (Fsp3) is 0.231. The fourth-order valence-corrected chi connectivity index (χ4v) is 1.74. The molecule has 94 valence electrons. The number of imidazole rings is 1. The van der Waals surface area contributed by atoms with Gasteiger partial charge in [0.05, 0.1) is 0 Å². The zero-order valence-corrected chi connectivity index (χ0v) is 10.2.